The number of fused-ring (bicyclic) bond motifs is 1. The van der Waals surface area contributed by atoms with Crippen LogP contribution in [0.5, 0.6) is 28.7 Å². The number of amides is 1. The molecule has 0 saturated heterocycles. The van der Waals surface area contributed by atoms with Crippen molar-refractivity contribution in [2.45, 2.75) is 26.3 Å². The lowest BCUT2D eigenvalue weighted by atomic mass is 9.86. The molecule has 0 fully saturated rings. The maximum Gasteiger partial charge on any atom is 0.308 e. The van der Waals surface area contributed by atoms with Crippen LogP contribution in [0.4, 0.5) is 0 Å². The summed E-state index contributed by atoms with van der Waals surface area (Å²) in [7, 11) is 6.36. The summed E-state index contributed by atoms with van der Waals surface area (Å²) in [6.45, 7) is 3.59. The number of carbonyl (C=O) groups is 2. The minimum atomic E-state index is -0.441. The van der Waals surface area contributed by atoms with Crippen molar-refractivity contribution in [3.8, 4) is 28.7 Å². The monoisotopic (exact) mass is 505 g/mol. The van der Waals surface area contributed by atoms with Gasteiger partial charge in [-0.05, 0) is 66.4 Å². The summed E-state index contributed by atoms with van der Waals surface area (Å²) in [6.07, 6.45) is 0.633. The van der Waals surface area contributed by atoms with Gasteiger partial charge in [0.25, 0.3) is 5.91 Å². The molecule has 0 saturated carbocycles. The Morgan fingerprint density at radius 1 is 0.811 bits per heavy atom. The number of esters is 1. The van der Waals surface area contributed by atoms with Crippen LogP contribution in [-0.2, 0) is 11.2 Å². The van der Waals surface area contributed by atoms with Gasteiger partial charge in [0.2, 0.25) is 0 Å². The number of hydrogen-bond acceptors (Lipinski definition) is 7. The second-order valence-corrected chi connectivity index (χ2v) is 8.69. The van der Waals surface area contributed by atoms with Gasteiger partial charge in [-0.15, -0.1) is 0 Å². The summed E-state index contributed by atoms with van der Waals surface area (Å²) in [6, 6.07) is 14.3. The van der Waals surface area contributed by atoms with Gasteiger partial charge in [0.1, 0.15) is 5.75 Å². The minimum Gasteiger partial charge on any atom is -0.493 e. The van der Waals surface area contributed by atoms with E-state index in [-0.39, 0.29) is 5.91 Å². The van der Waals surface area contributed by atoms with Gasteiger partial charge in [-0.25, -0.2) is 0 Å². The van der Waals surface area contributed by atoms with Gasteiger partial charge in [-0.1, -0.05) is 12.1 Å². The van der Waals surface area contributed by atoms with E-state index in [1.807, 2.05) is 35.2 Å². The Bertz CT molecular complexity index is 1330. The van der Waals surface area contributed by atoms with Crippen LogP contribution in [0.15, 0.2) is 48.5 Å². The molecule has 0 N–H and O–H groups in total. The van der Waals surface area contributed by atoms with Gasteiger partial charge < -0.3 is 28.6 Å². The third kappa shape index (κ3) is 4.91. The van der Waals surface area contributed by atoms with Gasteiger partial charge in [0.15, 0.2) is 23.0 Å². The maximum absolute atomic E-state index is 14.1. The van der Waals surface area contributed by atoms with Crippen molar-refractivity contribution in [3.05, 3.63) is 76.3 Å². The van der Waals surface area contributed by atoms with Crippen molar-refractivity contribution < 1.29 is 33.3 Å². The van der Waals surface area contributed by atoms with Gasteiger partial charge in [-0.2, -0.15) is 0 Å². The largest absolute Gasteiger partial charge is 0.493 e. The van der Waals surface area contributed by atoms with Crippen molar-refractivity contribution >= 4 is 11.9 Å². The zero-order valence-corrected chi connectivity index (χ0v) is 21.9. The number of carbonyl (C=O) groups excluding carboxylic acids is 2. The van der Waals surface area contributed by atoms with Crippen LogP contribution >= 0.6 is 0 Å². The molecular formula is C29H31NO7. The molecule has 1 heterocycles. The van der Waals surface area contributed by atoms with Crippen molar-refractivity contribution in [2.24, 2.45) is 0 Å². The first kappa shape index (κ1) is 25.9. The smallest absolute Gasteiger partial charge is 0.308 e. The number of benzene rings is 3. The maximum atomic E-state index is 14.1. The Labute approximate surface area is 216 Å². The number of nitrogens with zero attached hydrogens (tertiary/aromatic N) is 1. The molecule has 0 radical (unpaired) electrons. The van der Waals surface area contributed by atoms with Crippen molar-refractivity contribution in [1.29, 1.82) is 0 Å². The first-order valence-corrected chi connectivity index (χ1v) is 11.9. The van der Waals surface area contributed by atoms with E-state index >= 15 is 0 Å². The second-order valence-electron chi connectivity index (χ2n) is 8.69. The summed E-state index contributed by atoms with van der Waals surface area (Å²) >= 11 is 0. The lowest BCUT2D eigenvalue weighted by Crippen LogP contribution is -2.41. The van der Waals surface area contributed by atoms with Crippen LogP contribution in [0, 0.1) is 6.92 Å². The molecule has 0 spiro atoms. The van der Waals surface area contributed by atoms with Crippen LogP contribution in [0.3, 0.4) is 0 Å². The number of rotatable bonds is 7. The SMILES string of the molecule is COc1ccc(C2c3cc(OC)c(OC)cc3CCN2C(=O)c2cccc(OC(C)=O)c2C)cc1OC. The highest BCUT2D eigenvalue weighted by atomic mass is 16.5. The highest BCUT2D eigenvalue weighted by molar-refractivity contribution is 5.97. The Balaban J connectivity index is 1.88. The molecule has 8 nitrogen and oxygen atoms in total. The zero-order chi connectivity index (χ0) is 26.7. The van der Waals surface area contributed by atoms with Crippen LogP contribution in [0.2, 0.25) is 0 Å². The third-order valence-corrected chi connectivity index (χ3v) is 6.63. The molecular weight excluding hydrogens is 474 g/mol. The number of ether oxygens (including phenoxy) is 5. The minimum absolute atomic E-state index is 0.174. The summed E-state index contributed by atoms with van der Waals surface area (Å²) in [5, 5.41) is 0. The van der Waals surface area contributed by atoms with Gasteiger partial charge in [-0.3, -0.25) is 9.59 Å². The number of hydrogen-bond donors (Lipinski definition) is 0. The van der Waals surface area contributed by atoms with Crippen molar-refractivity contribution in [3.63, 3.8) is 0 Å². The van der Waals surface area contributed by atoms with Crippen molar-refractivity contribution in [1.82, 2.24) is 4.90 Å². The van der Waals surface area contributed by atoms with E-state index in [9.17, 15) is 9.59 Å². The van der Waals surface area contributed by atoms with E-state index in [2.05, 4.69) is 0 Å². The van der Waals surface area contributed by atoms with Crippen LogP contribution in [-0.4, -0.2) is 51.8 Å². The highest BCUT2D eigenvalue weighted by Gasteiger charge is 2.35. The quantitative estimate of drug-likeness (QED) is 0.339. The molecule has 1 aliphatic rings. The predicted octanol–water partition coefficient (Wildman–Crippen LogP) is 4.74. The molecule has 1 unspecified atom stereocenters. The fourth-order valence-corrected chi connectivity index (χ4v) is 4.81. The van der Waals surface area contributed by atoms with Crippen molar-refractivity contribution in [2.75, 3.05) is 35.0 Å². The van der Waals surface area contributed by atoms with Crippen LogP contribution in [0.1, 0.15) is 45.6 Å². The van der Waals surface area contributed by atoms with Crippen LogP contribution in [0.25, 0.3) is 0 Å². The summed E-state index contributed by atoms with van der Waals surface area (Å²) < 4.78 is 27.5. The molecule has 4 rings (SSSR count). The topological polar surface area (TPSA) is 83.5 Å². The van der Waals surface area contributed by atoms with Gasteiger partial charge in [0, 0.05) is 24.6 Å². The molecule has 1 atom stereocenters. The molecule has 1 aliphatic heterocycles. The highest BCUT2D eigenvalue weighted by Crippen LogP contribution is 2.43. The summed E-state index contributed by atoms with van der Waals surface area (Å²) in [5.41, 5.74) is 3.91. The van der Waals surface area contributed by atoms with Crippen LogP contribution < -0.4 is 23.7 Å². The Hall–Kier alpha value is -4.20. The van der Waals surface area contributed by atoms with E-state index < -0.39 is 12.0 Å². The standard InChI is InChI=1S/C29H31NO7/c1-17-21(8-7-9-23(17)37-18(2)31)29(32)30-13-12-19-14-26(35-5)27(36-6)16-22(19)28(30)20-10-11-24(33-3)25(15-20)34-4/h7-11,14-16,28H,12-13H2,1-6H3. The summed E-state index contributed by atoms with van der Waals surface area (Å²) in [5.74, 6) is 2.12. The second kappa shape index (κ2) is 10.8. The van der Waals surface area contributed by atoms with Gasteiger partial charge >= 0.3 is 5.97 Å². The fourth-order valence-electron chi connectivity index (χ4n) is 4.81. The molecule has 3 aromatic rings. The molecule has 37 heavy (non-hydrogen) atoms. The van der Waals surface area contributed by atoms with Gasteiger partial charge in [0.05, 0.1) is 34.5 Å². The molecule has 0 bridgehead atoms. The zero-order valence-electron chi connectivity index (χ0n) is 21.9. The average molecular weight is 506 g/mol. The number of methoxy groups -OCH3 is 4. The Kier molecular flexibility index (Phi) is 7.57. The normalized spacial score (nSPS) is 14.4. The van der Waals surface area contributed by atoms with E-state index in [1.165, 1.54) is 6.92 Å². The lowest BCUT2D eigenvalue weighted by Gasteiger charge is -2.38. The third-order valence-electron chi connectivity index (χ3n) is 6.63. The average Bonchev–Trinajstić information content (AvgIpc) is 2.91. The first-order valence-electron chi connectivity index (χ1n) is 11.9. The molecule has 0 aliphatic carbocycles. The molecule has 8 heteroatoms. The summed E-state index contributed by atoms with van der Waals surface area (Å²) in [4.78, 5) is 27.5. The van der Waals surface area contributed by atoms with E-state index in [0.717, 1.165) is 16.7 Å². The predicted molar refractivity (Wildman–Crippen MR) is 138 cm³/mol. The Morgan fingerprint density at radius 3 is 2.11 bits per heavy atom. The van der Waals surface area contributed by atoms with E-state index in [1.54, 1.807) is 53.6 Å². The molecule has 194 valence electrons. The van der Waals surface area contributed by atoms with E-state index in [0.29, 0.717) is 52.8 Å². The Morgan fingerprint density at radius 2 is 1.46 bits per heavy atom. The van der Waals surface area contributed by atoms with E-state index in [4.69, 9.17) is 23.7 Å². The molecule has 3 aromatic carbocycles. The molecule has 1 amide bonds. The first-order chi connectivity index (χ1) is 17.8. The lowest BCUT2D eigenvalue weighted by molar-refractivity contribution is -0.131. The fraction of sp³-hybridized carbons (Fsp3) is 0.310. The molecule has 0 aromatic heterocycles.